The van der Waals surface area contributed by atoms with E-state index in [1.54, 1.807) is 10.9 Å². The van der Waals surface area contributed by atoms with Gasteiger partial charge in [-0.15, -0.1) is 0 Å². The average molecular weight is 256 g/mol. The number of benzene rings is 1. The first-order valence-electron chi connectivity index (χ1n) is 5.15. The van der Waals surface area contributed by atoms with Gasteiger partial charge in [-0.05, 0) is 17.7 Å². The zero-order chi connectivity index (χ0) is 12.5. The SMILES string of the molecule is N#Cc1cnc(Cl)nc1-n1ncc2ccccc21. The lowest BCUT2D eigenvalue weighted by molar-refractivity contribution is 0.861. The van der Waals surface area contributed by atoms with Crippen LogP contribution in [0.25, 0.3) is 16.7 Å². The molecule has 0 aliphatic carbocycles. The van der Waals surface area contributed by atoms with Crippen LogP contribution < -0.4 is 0 Å². The van der Waals surface area contributed by atoms with E-state index in [0.29, 0.717) is 11.4 Å². The normalized spacial score (nSPS) is 10.4. The van der Waals surface area contributed by atoms with Crippen LogP contribution in [0.5, 0.6) is 0 Å². The van der Waals surface area contributed by atoms with Crippen LogP contribution in [0.15, 0.2) is 36.7 Å². The molecule has 1 aromatic carbocycles. The van der Waals surface area contributed by atoms with Gasteiger partial charge in [-0.1, -0.05) is 18.2 Å². The lowest BCUT2D eigenvalue weighted by atomic mass is 10.2. The molecule has 0 atom stereocenters. The Bertz CT molecular complexity index is 771. The molecule has 18 heavy (non-hydrogen) atoms. The first kappa shape index (κ1) is 10.7. The topological polar surface area (TPSA) is 67.4 Å². The third-order valence-corrected chi connectivity index (χ3v) is 2.72. The van der Waals surface area contributed by atoms with Crippen molar-refractivity contribution in [2.75, 3.05) is 0 Å². The molecule has 5 nitrogen and oxygen atoms in total. The first-order valence-corrected chi connectivity index (χ1v) is 5.53. The number of hydrogen-bond donors (Lipinski definition) is 0. The Balaban J connectivity index is 2.33. The predicted molar refractivity (Wildman–Crippen MR) is 66.4 cm³/mol. The van der Waals surface area contributed by atoms with E-state index < -0.39 is 0 Å². The van der Waals surface area contributed by atoms with Crippen LogP contribution in [0.2, 0.25) is 5.28 Å². The number of para-hydroxylation sites is 1. The van der Waals surface area contributed by atoms with Gasteiger partial charge in [0.05, 0.1) is 17.9 Å². The maximum absolute atomic E-state index is 9.07. The summed E-state index contributed by atoms with van der Waals surface area (Å²) < 4.78 is 1.58. The fourth-order valence-corrected chi connectivity index (χ4v) is 1.86. The smallest absolute Gasteiger partial charge is 0.224 e. The Kier molecular flexibility index (Phi) is 2.43. The predicted octanol–water partition coefficient (Wildman–Crippen LogP) is 2.34. The van der Waals surface area contributed by atoms with Crippen LogP contribution >= 0.6 is 11.6 Å². The van der Waals surface area contributed by atoms with Gasteiger partial charge in [0, 0.05) is 5.39 Å². The highest BCUT2D eigenvalue weighted by Gasteiger charge is 2.11. The van der Waals surface area contributed by atoms with Gasteiger partial charge in [0.2, 0.25) is 5.28 Å². The van der Waals surface area contributed by atoms with Crippen molar-refractivity contribution in [3.05, 3.63) is 47.5 Å². The van der Waals surface area contributed by atoms with Crippen LogP contribution in [0, 0.1) is 11.3 Å². The molecule has 0 amide bonds. The average Bonchev–Trinajstić information content (AvgIpc) is 2.82. The maximum atomic E-state index is 9.07. The summed E-state index contributed by atoms with van der Waals surface area (Å²) in [6.07, 6.45) is 3.10. The molecule has 2 heterocycles. The lowest BCUT2D eigenvalue weighted by Crippen LogP contribution is -2.03. The van der Waals surface area contributed by atoms with E-state index in [1.807, 2.05) is 30.3 Å². The Morgan fingerprint density at radius 1 is 1.22 bits per heavy atom. The van der Waals surface area contributed by atoms with Gasteiger partial charge in [0.25, 0.3) is 0 Å². The number of nitrogens with zero attached hydrogens (tertiary/aromatic N) is 5. The highest BCUT2D eigenvalue weighted by atomic mass is 35.5. The van der Waals surface area contributed by atoms with Gasteiger partial charge >= 0.3 is 0 Å². The number of fused-ring (bicyclic) bond motifs is 1. The number of halogens is 1. The second-order valence-electron chi connectivity index (χ2n) is 3.60. The van der Waals surface area contributed by atoms with Crippen molar-refractivity contribution in [2.24, 2.45) is 0 Å². The number of hydrogen-bond acceptors (Lipinski definition) is 4. The molecule has 0 saturated heterocycles. The van der Waals surface area contributed by atoms with Gasteiger partial charge in [-0.3, -0.25) is 0 Å². The quantitative estimate of drug-likeness (QED) is 0.626. The summed E-state index contributed by atoms with van der Waals surface area (Å²) in [6.45, 7) is 0. The molecule has 0 N–H and O–H groups in total. The molecule has 0 fully saturated rings. The number of aromatic nitrogens is 4. The van der Waals surface area contributed by atoms with E-state index in [-0.39, 0.29) is 5.28 Å². The molecule has 0 unspecified atom stereocenters. The minimum Gasteiger partial charge on any atom is -0.225 e. The molecular formula is C12H6ClN5. The van der Waals surface area contributed by atoms with Crippen molar-refractivity contribution in [1.29, 1.82) is 5.26 Å². The minimum atomic E-state index is 0.0866. The summed E-state index contributed by atoms with van der Waals surface area (Å²) in [4.78, 5) is 7.86. The van der Waals surface area contributed by atoms with E-state index >= 15 is 0 Å². The maximum Gasteiger partial charge on any atom is 0.224 e. The third kappa shape index (κ3) is 1.60. The molecule has 3 aromatic rings. The summed E-state index contributed by atoms with van der Waals surface area (Å²) in [5, 5.41) is 14.4. The lowest BCUT2D eigenvalue weighted by Gasteiger charge is -2.04. The van der Waals surface area contributed by atoms with E-state index in [2.05, 4.69) is 15.1 Å². The zero-order valence-electron chi connectivity index (χ0n) is 9.08. The zero-order valence-corrected chi connectivity index (χ0v) is 9.83. The molecule has 6 heteroatoms. The third-order valence-electron chi connectivity index (χ3n) is 2.54. The summed E-state index contributed by atoms with van der Waals surface area (Å²) in [6, 6.07) is 9.69. The summed E-state index contributed by atoms with van der Waals surface area (Å²) in [5.74, 6) is 0.388. The van der Waals surface area contributed by atoms with Gasteiger partial charge in [-0.2, -0.15) is 15.3 Å². The van der Waals surface area contributed by atoms with Crippen LogP contribution in [-0.2, 0) is 0 Å². The van der Waals surface area contributed by atoms with E-state index in [9.17, 15) is 0 Å². The Labute approximate surface area is 107 Å². The van der Waals surface area contributed by atoms with E-state index in [1.165, 1.54) is 6.20 Å². The Hall–Kier alpha value is -2.45. The van der Waals surface area contributed by atoms with E-state index in [4.69, 9.17) is 16.9 Å². The van der Waals surface area contributed by atoms with Crippen molar-refractivity contribution < 1.29 is 0 Å². The van der Waals surface area contributed by atoms with Crippen molar-refractivity contribution in [3.63, 3.8) is 0 Å². The van der Waals surface area contributed by atoms with Crippen molar-refractivity contribution in [2.45, 2.75) is 0 Å². The van der Waals surface area contributed by atoms with Crippen molar-refractivity contribution in [1.82, 2.24) is 19.7 Å². The summed E-state index contributed by atoms with van der Waals surface area (Å²) in [5.41, 5.74) is 1.19. The largest absolute Gasteiger partial charge is 0.225 e. The molecule has 3 rings (SSSR count). The molecular weight excluding hydrogens is 250 g/mol. The molecule has 0 bridgehead atoms. The van der Waals surface area contributed by atoms with Crippen LogP contribution in [0.4, 0.5) is 0 Å². The van der Waals surface area contributed by atoms with Gasteiger partial charge in [-0.25, -0.2) is 9.67 Å². The molecule has 0 aliphatic heterocycles. The molecule has 86 valence electrons. The molecule has 0 saturated carbocycles. The number of nitriles is 1. The van der Waals surface area contributed by atoms with Crippen molar-refractivity contribution in [3.8, 4) is 11.9 Å². The Morgan fingerprint density at radius 3 is 2.89 bits per heavy atom. The van der Waals surface area contributed by atoms with Crippen LogP contribution in [0.1, 0.15) is 5.56 Å². The van der Waals surface area contributed by atoms with Gasteiger partial charge in [0.1, 0.15) is 11.6 Å². The first-order chi connectivity index (χ1) is 8.79. The molecule has 0 radical (unpaired) electrons. The summed E-state index contributed by atoms with van der Waals surface area (Å²) in [7, 11) is 0. The fraction of sp³-hybridized carbons (Fsp3) is 0. The van der Waals surface area contributed by atoms with Gasteiger partial charge in [0.15, 0.2) is 5.82 Å². The second-order valence-corrected chi connectivity index (χ2v) is 3.94. The monoisotopic (exact) mass is 255 g/mol. The standard InChI is InChI=1S/C12H6ClN5/c13-12-15-6-9(5-14)11(17-12)18-10-4-2-1-3-8(10)7-16-18/h1-4,6-7H. The fourth-order valence-electron chi connectivity index (χ4n) is 1.73. The van der Waals surface area contributed by atoms with Crippen LogP contribution in [-0.4, -0.2) is 19.7 Å². The summed E-state index contributed by atoms with van der Waals surface area (Å²) >= 11 is 5.77. The van der Waals surface area contributed by atoms with Gasteiger partial charge < -0.3 is 0 Å². The van der Waals surface area contributed by atoms with Crippen LogP contribution in [0.3, 0.4) is 0 Å². The highest BCUT2D eigenvalue weighted by molar-refractivity contribution is 6.28. The minimum absolute atomic E-state index is 0.0866. The second kappa shape index (κ2) is 4.09. The van der Waals surface area contributed by atoms with E-state index in [0.717, 1.165) is 10.9 Å². The molecule has 2 aromatic heterocycles. The molecule has 0 spiro atoms. The Morgan fingerprint density at radius 2 is 2.06 bits per heavy atom. The molecule has 0 aliphatic rings. The van der Waals surface area contributed by atoms with Crippen molar-refractivity contribution >= 4 is 22.5 Å². The highest BCUT2D eigenvalue weighted by Crippen LogP contribution is 2.19. The number of rotatable bonds is 1.